The lowest BCUT2D eigenvalue weighted by Crippen LogP contribution is -2.60. The first-order chi connectivity index (χ1) is 33.7. The highest BCUT2D eigenvalue weighted by molar-refractivity contribution is 5.76. The Bertz CT molecular complexity index is 1200. The monoisotopic (exact) mass is 980 g/mol. The molecule has 7 unspecified atom stereocenters. The smallest absolute Gasteiger partial charge is 0.305 e. The Labute approximate surface area is 422 Å². The van der Waals surface area contributed by atoms with Crippen molar-refractivity contribution < 1.29 is 49.3 Å². The molecule has 6 N–H and O–H groups in total. The molecule has 0 aromatic heterocycles. The number of allylic oxidation sites excluding steroid dienone is 3. The fourth-order valence-corrected chi connectivity index (χ4v) is 9.16. The molecule has 1 aliphatic rings. The standard InChI is InChI=1S/C58H109NO10/c1-3-5-7-9-11-13-15-25-28-32-36-40-44-51(61)50(49-68-58-57(66)56(65)55(64)52(48-60)69-58)59-53(62)45-41-37-33-29-26-22-20-18-16-17-19-21-23-27-31-35-39-43-47-67-54(63)46-42-38-34-30-24-14-12-10-8-6-4-2/h25,28,40,44,50-52,55-58,60-61,64-66H,3-24,26-27,29-39,41-43,45-49H2,1-2H3,(H,59,62)/b28-25+,44-40+. The number of unbranched alkanes of at least 4 members (excludes halogenated alkanes) is 34. The Hall–Kier alpha value is -1.86. The maximum Gasteiger partial charge on any atom is 0.305 e. The molecule has 69 heavy (non-hydrogen) atoms. The Morgan fingerprint density at radius 3 is 1.43 bits per heavy atom. The molecule has 0 radical (unpaired) electrons. The van der Waals surface area contributed by atoms with Crippen LogP contribution in [0, 0.1) is 0 Å². The predicted octanol–water partition coefficient (Wildman–Crippen LogP) is 12.9. The number of nitrogens with one attached hydrogen (secondary N) is 1. The van der Waals surface area contributed by atoms with Crippen molar-refractivity contribution in [3.8, 4) is 0 Å². The quantitative estimate of drug-likeness (QED) is 0.0196. The van der Waals surface area contributed by atoms with Crippen LogP contribution in [0.2, 0.25) is 0 Å². The fourth-order valence-electron chi connectivity index (χ4n) is 9.16. The molecule has 1 rings (SSSR count). The van der Waals surface area contributed by atoms with Gasteiger partial charge in [-0.2, -0.15) is 0 Å². The molecular weight excluding hydrogens is 871 g/mol. The summed E-state index contributed by atoms with van der Waals surface area (Å²) in [5.74, 6) is -0.205. The maximum absolute atomic E-state index is 13.0. The summed E-state index contributed by atoms with van der Waals surface area (Å²) in [6, 6.07) is -0.829. The van der Waals surface area contributed by atoms with Crippen LogP contribution in [-0.2, 0) is 23.8 Å². The third-order valence-corrected chi connectivity index (χ3v) is 13.8. The van der Waals surface area contributed by atoms with E-state index in [4.69, 9.17) is 14.2 Å². The molecule has 0 bridgehead atoms. The van der Waals surface area contributed by atoms with Gasteiger partial charge in [-0.1, -0.05) is 237 Å². The van der Waals surface area contributed by atoms with E-state index >= 15 is 0 Å². The summed E-state index contributed by atoms with van der Waals surface area (Å²) in [5.41, 5.74) is 0. The van der Waals surface area contributed by atoms with Crippen molar-refractivity contribution in [1.29, 1.82) is 0 Å². The van der Waals surface area contributed by atoms with Crippen LogP contribution in [0.15, 0.2) is 24.3 Å². The van der Waals surface area contributed by atoms with Crippen LogP contribution < -0.4 is 5.32 Å². The lowest BCUT2D eigenvalue weighted by atomic mass is 9.99. The Morgan fingerprint density at radius 1 is 0.522 bits per heavy atom. The minimum absolute atomic E-state index is 0.00938. The molecule has 11 heteroatoms. The van der Waals surface area contributed by atoms with Gasteiger partial charge < -0.3 is 45.1 Å². The Morgan fingerprint density at radius 2 is 0.942 bits per heavy atom. The van der Waals surface area contributed by atoms with Gasteiger partial charge in [0.15, 0.2) is 6.29 Å². The molecule has 1 heterocycles. The summed E-state index contributed by atoms with van der Waals surface area (Å²) in [7, 11) is 0. The SMILES string of the molecule is CCCCCCCC/C=C/CC/C=C/C(O)C(COC1OC(CO)C(O)C(O)C1O)NC(=O)CCCCCCCCCCCCCCCCCCCCOC(=O)CCCCCCCCCCCCC. The van der Waals surface area contributed by atoms with Gasteiger partial charge in [0, 0.05) is 12.8 Å². The number of amides is 1. The van der Waals surface area contributed by atoms with Crippen LogP contribution in [0.25, 0.3) is 0 Å². The number of carbonyl (C=O) groups excluding carboxylic acids is 2. The van der Waals surface area contributed by atoms with E-state index in [1.165, 1.54) is 180 Å². The summed E-state index contributed by atoms with van der Waals surface area (Å²) >= 11 is 0. The molecule has 406 valence electrons. The number of carbonyl (C=O) groups is 2. The number of hydrogen-bond acceptors (Lipinski definition) is 10. The maximum atomic E-state index is 13.0. The number of esters is 1. The van der Waals surface area contributed by atoms with Crippen LogP contribution >= 0.6 is 0 Å². The molecule has 7 atom stereocenters. The van der Waals surface area contributed by atoms with Crippen LogP contribution in [0.4, 0.5) is 0 Å². The van der Waals surface area contributed by atoms with Crippen LogP contribution in [0.1, 0.15) is 271 Å². The molecule has 0 saturated carbocycles. The lowest BCUT2D eigenvalue weighted by molar-refractivity contribution is -0.302. The number of hydrogen-bond donors (Lipinski definition) is 6. The first-order valence-corrected chi connectivity index (χ1v) is 29.1. The van der Waals surface area contributed by atoms with Gasteiger partial charge in [0.1, 0.15) is 24.4 Å². The minimum Gasteiger partial charge on any atom is -0.466 e. The number of aliphatic hydroxyl groups excluding tert-OH is 5. The highest BCUT2D eigenvalue weighted by Gasteiger charge is 2.44. The van der Waals surface area contributed by atoms with Crippen molar-refractivity contribution in [2.45, 2.75) is 314 Å². The molecule has 0 aromatic carbocycles. The zero-order valence-corrected chi connectivity index (χ0v) is 44.5. The van der Waals surface area contributed by atoms with E-state index in [2.05, 4.69) is 31.3 Å². The summed E-state index contributed by atoms with van der Waals surface area (Å²) in [4.78, 5) is 25.0. The molecule has 11 nitrogen and oxygen atoms in total. The highest BCUT2D eigenvalue weighted by atomic mass is 16.7. The van der Waals surface area contributed by atoms with Crippen LogP contribution in [0.3, 0.4) is 0 Å². The van der Waals surface area contributed by atoms with Gasteiger partial charge >= 0.3 is 5.97 Å². The van der Waals surface area contributed by atoms with Gasteiger partial charge in [-0.3, -0.25) is 9.59 Å². The highest BCUT2D eigenvalue weighted by Crippen LogP contribution is 2.23. The molecular formula is C58H109NO10. The summed E-state index contributed by atoms with van der Waals surface area (Å²) < 4.78 is 16.7. The van der Waals surface area contributed by atoms with Crippen molar-refractivity contribution in [2.24, 2.45) is 0 Å². The van der Waals surface area contributed by atoms with Gasteiger partial charge in [-0.25, -0.2) is 0 Å². The Balaban J connectivity index is 2.10. The molecule has 1 aliphatic heterocycles. The molecule has 1 amide bonds. The zero-order valence-electron chi connectivity index (χ0n) is 44.5. The number of aliphatic hydroxyl groups is 5. The van der Waals surface area contributed by atoms with Gasteiger partial charge in [0.25, 0.3) is 0 Å². The number of ether oxygens (including phenoxy) is 3. The van der Waals surface area contributed by atoms with Crippen molar-refractivity contribution >= 4 is 11.9 Å². The fraction of sp³-hybridized carbons (Fsp3) is 0.897. The third kappa shape index (κ3) is 38.4. The van der Waals surface area contributed by atoms with Gasteiger partial charge in [0.2, 0.25) is 5.91 Å². The van der Waals surface area contributed by atoms with Gasteiger partial charge in [-0.05, 0) is 44.9 Å². The molecule has 1 fully saturated rings. The van der Waals surface area contributed by atoms with E-state index < -0.39 is 49.5 Å². The van der Waals surface area contributed by atoms with E-state index in [-0.39, 0.29) is 18.5 Å². The average Bonchev–Trinajstić information content (AvgIpc) is 3.34. The topological polar surface area (TPSA) is 175 Å². The van der Waals surface area contributed by atoms with Crippen molar-refractivity contribution in [1.82, 2.24) is 5.32 Å². The van der Waals surface area contributed by atoms with Gasteiger partial charge in [-0.15, -0.1) is 0 Å². The second-order valence-corrected chi connectivity index (χ2v) is 20.3. The van der Waals surface area contributed by atoms with E-state index in [1.54, 1.807) is 6.08 Å². The zero-order chi connectivity index (χ0) is 50.3. The van der Waals surface area contributed by atoms with Crippen LogP contribution in [0.5, 0.6) is 0 Å². The van der Waals surface area contributed by atoms with Gasteiger partial charge in [0.05, 0.1) is 32.0 Å². The normalized spacial score (nSPS) is 19.4. The van der Waals surface area contributed by atoms with Crippen molar-refractivity contribution in [2.75, 3.05) is 19.8 Å². The largest absolute Gasteiger partial charge is 0.466 e. The molecule has 0 aliphatic carbocycles. The van der Waals surface area contributed by atoms with Crippen molar-refractivity contribution in [3.05, 3.63) is 24.3 Å². The lowest BCUT2D eigenvalue weighted by Gasteiger charge is -2.40. The Kier molecular flexibility index (Phi) is 45.7. The summed E-state index contributed by atoms with van der Waals surface area (Å²) in [6.45, 7) is 4.30. The second-order valence-electron chi connectivity index (χ2n) is 20.3. The van der Waals surface area contributed by atoms with Crippen molar-refractivity contribution in [3.63, 3.8) is 0 Å². The van der Waals surface area contributed by atoms with E-state index in [9.17, 15) is 35.1 Å². The van der Waals surface area contributed by atoms with E-state index in [1.807, 2.05) is 6.08 Å². The first-order valence-electron chi connectivity index (χ1n) is 29.1. The average molecular weight is 981 g/mol. The molecule has 1 saturated heterocycles. The molecule has 0 aromatic rings. The summed E-state index contributed by atoms with van der Waals surface area (Å²) in [6.07, 6.45) is 46.9. The second kappa shape index (κ2) is 48.4. The predicted molar refractivity (Wildman–Crippen MR) is 283 cm³/mol. The number of rotatable bonds is 50. The van der Waals surface area contributed by atoms with E-state index in [0.29, 0.717) is 19.4 Å². The first kappa shape index (κ1) is 65.2. The summed E-state index contributed by atoms with van der Waals surface area (Å²) in [5, 5.41) is 54.3. The minimum atomic E-state index is -1.58. The van der Waals surface area contributed by atoms with E-state index in [0.717, 1.165) is 64.2 Å². The van der Waals surface area contributed by atoms with Crippen LogP contribution in [-0.4, -0.2) is 100 Å². The third-order valence-electron chi connectivity index (χ3n) is 13.8. The molecule has 0 spiro atoms.